The Morgan fingerprint density at radius 1 is 1.15 bits per heavy atom. The number of ether oxygens (including phenoxy) is 2. The molecule has 7 heteroatoms. The van der Waals surface area contributed by atoms with Crippen molar-refractivity contribution in [1.82, 2.24) is 15.4 Å². The number of benzene rings is 2. The van der Waals surface area contributed by atoms with Crippen LogP contribution in [0.2, 0.25) is 0 Å². The molecule has 2 aromatic carbocycles. The summed E-state index contributed by atoms with van der Waals surface area (Å²) in [6.45, 7) is 6.01. The minimum absolute atomic E-state index is 0.128. The molecule has 1 unspecified atom stereocenters. The molecule has 7 nitrogen and oxygen atoms in total. The van der Waals surface area contributed by atoms with Crippen molar-refractivity contribution in [3.05, 3.63) is 76.7 Å². The molecule has 0 saturated carbocycles. The lowest BCUT2D eigenvalue weighted by molar-refractivity contribution is -0.0195. The maximum Gasteiger partial charge on any atom is 0.255 e. The van der Waals surface area contributed by atoms with Crippen molar-refractivity contribution >= 4 is 5.91 Å². The Balaban J connectivity index is 1.37. The lowest BCUT2D eigenvalue weighted by Gasteiger charge is -2.46. The minimum Gasteiger partial charge on any atom is -0.488 e. The Hall–Kier alpha value is -3.32. The predicted molar refractivity (Wildman–Crippen MR) is 128 cm³/mol. The van der Waals surface area contributed by atoms with Crippen LogP contribution in [0.5, 0.6) is 11.5 Å². The number of carbonyl (C=O) groups is 1. The first-order valence-electron chi connectivity index (χ1n) is 11.8. The van der Waals surface area contributed by atoms with Gasteiger partial charge in [0.2, 0.25) is 0 Å². The van der Waals surface area contributed by atoms with Crippen LogP contribution in [0, 0.1) is 13.8 Å². The number of aromatic nitrogens is 1. The number of nitrogens with zero attached hydrogens (tertiary/aromatic N) is 2. The number of aryl methyl sites for hydroxylation is 2. The summed E-state index contributed by atoms with van der Waals surface area (Å²) < 4.78 is 17.8. The third-order valence-corrected chi connectivity index (χ3v) is 7.09. The Kier molecular flexibility index (Phi) is 6.04. The Bertz CT molecular complexity index is 1160. The summed E-state index contributed by atoms with van der Waals surface area (Å²) in [5.74, 6) is 1.97. The molecule has 1 spiro atoms. The van der Waals surface area contributed by atoms with Crippen LogP contribution in [0.3, 0.4) is 0 Å². The Labute approximate surface area is 200 Å². The largest absolute Gasteiger partial charge is 0.488 e. The lowest BCUT2D eigenvalue weighted by Crippen LogP contribution is -2.51. The predicted octanol–water partition coefficient (Wildman–Crippen LogP) is 4.59. The molecule has 1 aromatic heterocycles. The quantitative estimate of drug-likeness (QED) is 0.599. The van der Waals surface area contributed by atoms with Crippen molar-refractivity contribution in [2.75, 3.05) is 20.1 Å². The van der Waals surface area contributed by atoms with Crippen molar-refractivity contribution in [3.8, 4) is 11.5 Å². The van der Waals surface area contributed by atoms with E-state index in [1.807, 2.05) is 56.3 Å². The van der Waals surface area contributed by atoms with Gasteiger partial charge in [-0.15, -0.1) is 0 Å². The monoisotopic (exact) mass is 461 g/mol. The molecule has 1 saturated heterocycles. The van der Waals surface area contributed by atoms with E-state index < -0.39 is 0 Å². The van der Waals surface area contributed by atoms with Crippen molar-refractivity contribution in [1.29, 1.82) is 0 Å². The van der Waals surface area contributed by atoms with Gasteiger partial charge < -0.3 is 24.2 Å². The zero-order chi connectivity index (χ0) is 23.7. The molecule has 1 amide bonds. The van der Waals surface area contributed by atoms with Crippen LogP contribution in [0.15, 0.2) is 53.1 Å². The van der Waals surface area contributed by atoms with Gasteiger partial charge in [-0.3, -0.25) is 4.79 Å². The summed E-state index contributed by atoms with van der Waals surface area (Å²) in [5, 5.41) is 7.27. The normalized spacial score (nSPS) is 19.3. The SMILES string of the molecule is Cc1noc(C)c1COc1ccccc1C(=O)NC1CC2(CCN(C)CC2)Oc2ccccc21. The van der Waals surface area contributed by atoms with E-state index in [0.717, 1.165) is 60.7 Å². The smallest absolute Gasteiger partial charge is 0.255 e. The summed E-state index contributed by atoms with van der Waals surface area (Å²) in [6.07, 6.45) is 2.65. The van der Waals surface area contributed by atoms with Crippen LogP contribution in [0.25, 0.3) is 0 Å². The third-order valence-electron chi connectivity index (χ3n) is 7.09. The average Bonchev–Trinajstić information content (AvgIpc) is 3.17. The molecule has 178 valence electrons. The molecule has 3 heterocycles. The number of hydrogen-bond donors (Lipinski definition) is 1. The van der Waals surface area contributed by atoms with Gasteiger partial charge in [0.25, 0.3) is 5.91 Å². The first-order chi connectivity index (χ1) is 16.4. The number of carbonyl (C=O) groups excluding carboxylic acids is 1. The number of likely N-dealkylation sites (tertiary alicyclic amines) is 1. The van der Waals surface area contributed by atoms with Gasteiger partial charge in [0.05, 0.1) is 22.9 Å². The van der Waals surface area contributed by atoms with Crippen LogP contribution < -0.4 is 14.8 Å². The highest BCUT2D eigenvalue weighted by Gasteiger charge is 2.43. The zero-order valence-electron chi connectivity index (χ0n) is 20.0. The van der Waals surface area contributed by atoms with Crippen LogP contribution >= 0.6 is 0 Å². The second-order valence-electron chi connectivity index (χ2n) is 9.44. The second kappa shape index (κ2) is 9.14. The van der Waals surface area contributed by atoms with Gasteiger partial charge in [0.15, 0.2) is 0 Å². The standard InChI is InChI=1S/C27H31N3O4/c1-18-22(19(2)34-29-18)17-32-24-10-6-5-9-21(24)26(31)28-23-16-27(12-14-30(3)15-13-27)33-25-11-7-4-8-20(23)25/h4-11,23H,12-17H2,1-3H3,(H,28,31). The molecule has 0 bridgehead atoms. The molecule has 1 atom stereocenters. The van der Waals surface area contributed by atoms with Crippen molar-refractivity contribution in [3.63, 3.8) is 0 Å². The topological polar surface area (TPSA) is 76.8 Å². The summed E-state index contributed by atoms with van der Waals surface area (Å²) >= 11 is 0. The number of piperidine rings is 1. The van der Waals surface area contributed by atoms with E-state index in [-0.39, 0.29) is 17.6 Å². The van der Waals surface area contributed by atoms with Crippen LogP contribution in [-0.4, -0.2) is 41.7 Å². The van der Waals surface area contributed by atoms with E-state index in [4.69, 9.17) is 14.0 Å². The molecule has 2 aliphatic heterocycles. The van der Waals surface area contributed by atoms with Crippen molar-refractivity contribution in [2.45, 2.75) is 51.4 Å². The van der Waals surface area contributed by atoms with Gasteiger partial charge in [-0.2, -0.15) is 0 Å². The molecule has 0 aliphatic carbocycles. The van der Waals surface area contributed by atoms with Gasteiger partial charge >= 0.3 is 0 Å². The number of rotatable bonds is 5. The molecule has 3 aromatic rings. The number of para-hydroxylation sites is 2. The third kappa shape index (κ3) is 4.40. The van der Waals surface area contributed by atoms with E-state index in [1.54, 1.807) is 6.07 Å². The van der Waals surface area contributed by atoms with E-state index in [2.05, 4.69) is 22.4 Å². The molecule has 1 N–H and O–H groups in total. The zero-order valence-corrected chi connectivity index (χ0v) is 20.0. The fourth-order valence-corrected chi connectivity index (χ4v) is 4.95. The van der Waals surface area contributed by atoms with Gasteiger partial charge in [0.1, 0.15) is 29.5 Å². The van der Waals surface area contributed by atoms with Gasteiger partial charge in [-0.05, 0) is 51.9 Å². The first-order valence-corrected chi connectivity index (χ1v) is 11.8. The van der Waals surface area contributed by atoms with E-state index in [9.17, 15) is 4.79 Å². The first kappa shape index (κ1) is 22.5. The van der Waals surface area contributed by atoms with Gasteiger partial charge in [-0.25, -0.2) is 0 Å². The fourth-order valence-electron chi connectivity index (χ4n) is 4.95. The highest BCUT2D eigenvalue weighted by molar-refractivity contribution is 5.97. The lowest BCUT2D eigenvalue weighted by atomic mass is 9.80. The maximum atomic E-state index is 13.5. The molecule has 0 radical (unpaired) electrons. The Morgan fingerprint density at radius 2 is 1.88 bits per heavy atom. The Morgan fingerprint density at radius 3 is 2.65 bits per heavy atom. The molecule has 2 aliphatic rings. The summed E-state index contributed by atoms with van der Waals surface area (Å²) in [4.78, 5) is 15.8. The van der Waals surface area contributed by atoms with E-state index in [0.29, 0.717) is 17.9 Å². The summed E-state index contributed by atoms with van der Waals surface area (Å²) in [7, 11) is 2.14. The molecule has 1 fully saturated rings. The maximum absolute atomic E-state index is 13.5. The average molecular weight is 462 g/mol. The van der Waals surface area contributed by atoms with Crippen LogP contribution in [0.1, 0.15) is 58.2 Å². The van der Waals surface area contributed by atoms with Crippen molar-refractivity contribution < 1.29 is 18.8 Å². The summed E-state index contributed by atoms with van der Waals surface area (Å²) in [5.41, 5.74) is 2.97. The van der Waals surface area contributed by atoms with Gasteiger partial charge in [0, 0.05) is 25.1 Å². The number of nitrogens with one attached hydrogen (secondary N) is 1. The highest BCUT2D eigenvalue weighted by atomic mass is 16.5. The van der Waals surface area contributed by atoms with Crippen LogP contribution in [0.4, 0.5) is 0 Å². The number of fused-ring (bicyclic) bond motifs is 1. The molecule has 5 rings (SSSR count). The number of hydrogen-bond acceptors (Lipinski definition) is 6. The second-order valence-corrected chi connectivity index (χ2v) is 9.44. The van der Waals surface area contributed by atoms with Gasteiger partial charge in [-0.1, -0.05) is 35.5 Å². The van der Waals surface area contributed by atoms with E-state index >= 15 is 0 Å². The molecule has 34 heavy (non-hydrogen) atoms. The van der Waals surface area contributed by atoms with Crippen LogP contribution in [-0.2, 0) is 6.61 Å². The molecular formula is C27H31N3O4. The summed E-state index contributed by atoms with van der Waals surface area (Å²) in [6, 6.07) is 15.3. The highest BCUT2D eigenvalue weighted by Crippen LogP contribution is 2.44. The van der Waals surface area contributed by atoms with E-state index in [1.165, 1.54) is 0 Å². The van der Waals surface area contributed by atoms with Crippen molar-refractivity contribution in [2.24, 2.45) is 0 Å². The molecular weight excluding hydrogens is 430 g/mol. The number of amides is 1. The minimum atomic E-state index is -0.252. The fraction of sp³-hybridized carbons (Fsp3) is 0.407.